The monoisotopic (exact) mass is 285 g/mol. The molecule has 19 heavy (non-hydrogen) atoms. The number of nitro groups is 1. The number of hydrogen-bond donors (Lipinski definition) is 0. The quantitative estimate of drug-likeness (QED) is 0.629. The Balaban J connectivity index is 2.43. The lowest BCUT2D eigenvalue weighted by Gasteiger charge is -2.26. The molecule has 0 radical (unpaired) electrons. The summed E-state index contributed by atoms with van der Waals surface area (Å²) >= 11 is 6.06. The van der Waals surface area contributed by atoms with Gasteiger partial charge in [0.2, 0.25) is 0 Å². The first kappa shape index (κ1) is 14.2. The number of rotatable bonds is 4. The van der Waals surface area contributed by atoms with Crippen LogP contribution in [0.4, 0.5) is 5.69 Å². The minimum Gasteiger partial charge on any atom is -0.347 e. The molecule has 0 spiro atoms. The molecule has 6 heteroatoms. The van der Waals surface area contributed by atoms with Crippen LogP contribution in [-0.2, 0) is 15.9 Å². The van der Waals surface area contributed by atoms with Crippen molar-refractivity contribution in [2.24, 2.45) is 0 Å². The third kappa shape index (κ3) is 2.73. The highest BCUT2D eigenvalue weighted by Crippen LogP contribution is 2.35. The summed E-state index contributed by atoms with van der Waals surface area (Å²) in [6.45, 7) is 4.75. The summed E-state index contributed by atoms with van der Waals surface area (Å²) in [6, 6.07) is 2.98. The summed E-state index contributed by atoms with van der Waals surface area (Å²) in [4.78, 5) is 10.7. The third-order valence-corrected chi connectivity index (χ3v) is 3.91. The van der Waals surface area contributed by atoms with Crippen molar-refractivity contribution in [2.75, 3.05) is 13.2 Å². The molecule has 1 fully saturated rings. The summed E-state index contributed by atoms with van der Waals surface area (Å²) in [7, 11) is 0. The molecule has 0 aromatic heterocycles. The topological polar surface area (TPSA) is 61.6 Å². The van der Waals surface area contributed by atoms with Gasteiger partial charge in [0, 0.05) is 23.1 Å². The van der Waals surface area contributed by atoms with Crippen molar-refractivity contribution in [3.63, 3.8) is 0 Å². The third-order valence-electron chi connectivity index (χ3n) is 3.50. The fourth-order valence-corrected chi connectivity index (χ4v) is 2.48. The molecule has 1 aromatic carbocycles. The van der Waals surface area contributed by atoms with Crippen LogP contribution in [0.1, 0.15) is 24.5 Å². The standard InChI is InChI=1S/C13H16ClNO4/c1-3-13(18-6-7-19-13)8-10-9(2)11(14)4-5-12(10)15(16)17/h4-5H,3,6-8H2,1-2H3. The maximum Gasteiger partial charge on any atom is 0.273 e. The Bertz CT molecular complexity index is 498. The summed E-state index contributed by atoms with van der Waals surface area (Å²) in [5.74, 6) is -0.764. The number of halogens is 1. The summed E-state index contributed by atoms with van der Waals surface area (Å²) in [5, 5.41) is 11.7. The molecule has 0 unspecified atom stereocenters. The lowest BCUT2D eigenvalue weighted by Crippen LogP contribution is -2.32. The summed E-state index contributed by atoms with van der Waals surface area (Å²) in [6.07, 6.45) is 0.975. The van der Waals surface area contributed by atoms with Crippen molar-refractivity contribution in [1.82, 2.24) is 0 Å². The summed E-state index contributed by atoms with van der Waals surface area (Å²) < 4.78 is 11.3. The molecule has 0 atom stereocenters. The van der Waals surface area contributed by atoms with E-state index in [0.717, 1.165) is 0 Å². The van der Waals surface area contributed by atoms with E-state index < -0.39 is 10.7 Å². The van der Waals surface area contributed by atoms with Crippen LogP contribution in [0.25, 0.3) is 0 Å². The van der Waals surface area contributed by atoms with Crippen molar-refractivity contribution in [3.8, 4) is 0 Å². The fourth-order valence-electron chi connectivity index (χ4n) is 2.31. The van der Waals surface area contributed by atoms with E-state index in [1.165, 1.54) is 6.07 Å². The normalized spacial score (nSPS) is 17.6. The molecular formula is C13H16ClNO4. The molecule has 1 saturated heterocycles. The molecule has 5 nitrogen and oxygen atoms in total. The molecule has 0 N–H and O–H groups in total. The SMILES string of the molecule is CCC1(Cc2c([N+](=O)[O-])ccc(Cl)c2C)OCCO1. The molecule has 0 aliphatic carbocycles. The predicted octanol–water partition coefficient (Wildman–Crippen LogP) is 3.25. The van der Waals surface area contributed by atoms with E-state index >= 15 is 0 Å². The number of nitrogens with zero attached hydrogens (tertiary/aromatic N) is 1. The van der Waals surface area contributed by atoms with E-state index in [4.69, 9.17) is 21.1 Å². The van der Waals surface area contributed by atoms with Crippen molar-refractivity contribution < 1.29 is 14.4 Å². The average Bonchev–Trinajstić information content (AvgIpc) is 2.84. The van der Waals surface area contributed by atoms with Crippen LogP contribution in [0.3, 0.4) is 0 Å². The largest absolute Gasteiger partial charge is 0.347 e. The fraction of sp³-hybridized carbons (Fsp3) is 0.538. The van der Waals surface area contributed by atoms with E-state index in [1.807, 2.05) is 6.92 Å². The Hall–Kier alpha value is -1.17. The van der Waals surface area contributed by atoms with Gasteiger partial charge in [0.25, 0.3) is 5.69 Å². The Morgan fingerprint density at radius 3 is 2.58 bits per heavy atom. The molecule has 0 bridgehead atoms. The minimum absolute atomic E-state index is 0.0637. The van der Waals surface area contributed by atoms with Gasteiger partial charge in [-0.05, 0) is 25.0 Å². The molecule has 1 aromatic rings. The zero-order valence-electron chi connectivity index (χ0n) is 10.9. The van der Waals surface area contributed by atoms with E-state index in [0.29, 0.717) is 42.2 Å². The Labute approximate surface area is 116 Å². The second-order valence-corrected chi connectivity index (χ2v) is 4.97. The van der Waals surface area contributed by atoms with Gasteiger partial charge >= 0.3 is 0 Å². The maximum absolute atomic E-state index is 11.1. The van der Waals surface area contributed by atoms with E-state index in [2.05, 4.69) is 0 Å². The van der Waals surface area contributed by atoms with Gasteiger partial charge in [-0.15, -0.1) is 0 Å². The first-order valence-electron chi connectivity index (χ1n) is 6.19. The molecule has 1 aliphatic rings. The van der Waals surface area contributed by atoms with E-state index in [1.54, 1.807) is 13.0 Å². The van der Waals surface area contributed by atoms with Gasteiger partial charge in [-0.1, -0.05) is 18.5 Å². The van der Waals surface area contributed by atoms with Crippen LogP contribution in [-0.4, -0.2) is 23.9 Å². The Kier molecular flexibility index (Phi) is 4.08. The molecule has 1 heterocycles. The van der Waals surface area contributed by atoms with Gasteiger partial charge in [-0.3, -0.25) is 10.1 Å². The Morgan fingerprint density at radius 2 is 2.05 bits per heavy atom. The summed E-state index contributed by atoms with van der Waals surface area (Å²) in [5.41, 5.74) is 1.36. The molecular weight excluding hydrogens is 270 g/mol. The van der Waals surface area contributed by atoms with Crippen LogP contribution in [0.5, 0.6) is 0 Å². The second kappa shape index (κ2) is 5.45. The Morgan fingerprint density at radius 1 is 1.42 bits per heavy atom. The zero-order valence-corrected chi connectivity index (χ0v) is 11.7. The zero-order chi connectivity index (χ0) is 14.0. The van der Waals surface area contributed by atoms with Gasteiger partial charge in [-0.25, -0.2) is 0 Å². The smallest absolute Gasteiger partial charge is 0.273 e. The van der Waals surface area contributed by atoms with Crippen molar-refractivity contribution >= 4 is 17.3 Å². The van der Waals surface area contributed by atoms with Crippen LogP contribution in [0, 0.1) is 17.0 Å². The van der Waals surface area contributed by atoms with Crippen LogP contribution in [0.2, 0.25) is 5.02 Å². The van der Waals surface area contributed by atoms with Gasteiger partial charge in [0.05, 0.1) is 18.1 Å². The maximum atomic E-state index is 11.1. The molecule has 0 amide bonds. The predicted molar refractivity (Wildman–Crippen MR) is 71.5 cm³/mol. The number of nitro benzene ring substituents is 1. The van der Waals surface area contributed by atoms with Crippen LogP contribution < -0.4 is 0 Å². The number of ether oxygens (including phenoxy) is 2. The minimum atomic E-state index is -0.764. The highest BCUT2D eigenvalue weighted by atomic mass is 35.5. The average molecular weight is 286 g/mol. The van der Waals surface area contributed by atoms with E-state index in [-0.39, 0.29) is 5.69 Å². The molecule has 104 valence electrons. The molecule has 0 saturated carbocycles. The number of hydrogen-bond acceptors (Lipinski definition) is 4. The molecule has 1 aliphatic heterocycles. The van der Waals surface area contributed by atoms with Crippen molar-refractivity contribution in [2.45, 2.75) is 32.5 Å². The van der Waals surface area contributed by atoms with Gasteiger partial charge < -0.3 is 9.47 Å². The van der Waals surface area contributed by atoms with Gasteiger partial charge in [0.1, 0.15) is 0 Å². The highest BCUT2D eigenvalue weighted by molar-refractivity contribution is 6.31. The number of benzene rings is 1. The van der Waals surface area contributed by atoms with Crippen LogP contribution >= 0.6 is 11.6 Å². The van der Waals surface area contributed by atoms with Gasteiger partial charge in [-0.2, -0.15) is 0 Å². The van der Waals surface area contributed by atoms with Gasteiger partial charge in [0.15, 0.2) is 5.79 Å². The first-order chi connectivity index (χ1) is 8.99. The first-order valence-corrected chi connectivity index (χ1v) is 6.57. The lowest BCUT2D eigenvalue weighted by molar-refractivity contribution is -0.386. The van der Waals surface area contributed by atoms with Crippen LogP contribution in [0.15, 0.2) is 12.1 Å². The van der Waals surface area contributed by atoms with Crippen molar-refractivity contribution in [3.05, 3.63) is 38.4 Å². The van der Waals surface area contributed by atoms with Crippen molar-refractivity contribution in [1.29, 1.82) is 0 Å². The molecule has 2 rings (SSSR count). The highest BCUT2D eigenvalue weighted by Gasteiger charge is 2.37. The lowest BCUT2D eigenvalue weighted by atomic mass is 9.97. The van der Waals surface area contributed by atoms with E-state index in [9.17, 15) is 10.1 Å². The second-order valence-electron chi connectivity index (χ2n) is 4.57.